The van der Waals surface area contributed by atoms with Crippen molar-refractivity contribution in [3.05, 3.63) is 90.5 Å². The van der Waals surface area contributed by atoms with Crippen molar-refractivity contribution in [2.75, 3.05) is 45.8 Å². The number of carbonyl (C=O) groups is 1. The third-order valence-electron chi connectivity index (χ3n) is 5.91. The third kappa shape index (κ3) is 6.10. The normalized spacial score (nSPS) is 21.8. The Morgan fingerprint density at radius 1 is 0.774 bits per heavy atom. The number of hydrogen-bond donors (Lipinski definition) is 0. The Balaban J connectivity index is 0.000000282. The van der Waals surface area contributed by atoms with Crippen molar-refractivity contribution >= 4 is 30.9 Å². The molecule has 3 fully saturated rings. The number of piperazine rings is 3. The van der Waals surface area contributed by atoms with E-state index in [1.54, 1.807) is 17.2 Å². The van der Waals surface area contributed by atoms with Crippen LogP contribution in [0.1, 0.15) is 10.4 Å². The highest BCUT2D eigenvalue weighted by molar-refractivity contribution is 7.99. The van der Waals surface area contributed by atoms with Crippen LogP contribution in [0.25, 0.3) is 0 Å². The number of rotatable bonds is 5. The maximum atomic E-state index is 12.7. The van der Waals surface area contributed by atoms with Gasteiger partial charge in [-0.15, -0.1) is 0 Å². The second kappa shape index (κ2) is 10.3. The lowest BCUT2D eigenvalue weighted by Gasteiger charge is -2.50. The van der Waals surface area contributed by atoms with E-state index in [9.17, 15) is 4.79 Å². The van der Waals surface area contributed by atoms with Gasteiger partial charge in [-0.1, -0.05) is 72.4 Å². The fourth-order valence-corrected chi connectivity index (χ4v) is 4.88. The molecule has 3 aliphatic heterocycles. The Morgan fingerprint density at radius 3 is 1.81 bits per heavy atom. The van der Waals surface area contributed by atoms with E-state index in [1.807, 2.05) is 30.3 Å². The van der Waals surface area contributed by atoms with Gasteiger partial charge in [-0.25, -0.2) is 5.46 Å². The Hall–Kier alpha value is -2.34. The van der Waals surface area contributed by atoms with E-state index in [1.165, 1.54) is 9.79 Å². The number of benzene rings is 3. The molecule has 0 aliphatic carbocycles. The Labute approximate surface area is 191 Å². The first kappa shape index (κ1) is 21.9. The monoisotopic (exact) mass is 430 g/mol. The van der Waals surface area contributed by atoms with Crippen molar-refractivity contribution in [3.8, 4) is 0 Å². The fraction of sp³-hybridized carbons (Fsp3) is 0.269. The topological polar surface area (TPSA) is 20.3 Å². The van der Waals surface area contributed by atoms with E-state index in [0.29, 0.717) is 20.2 Å². The fourth-order valence-electron chi connectivity index (χ4n) is 4.04. The minimum Gasteiger partial charge on any atom is -0.314 e. The Bertz CT molecular complexity index is 958. The number of hydrogen-bond acceptors (Lipinski definition) is 3. The van der Waals surface area contributed by atoms with Crippen molar-refractivity contribution in [3.63, 3.8) is 0 Å². The summed E-state index contributed by atoms with van der Waals surface area (Å²) in [5.41, 5.74) is 2.43. The zero-order chi connectivity index (χ0) is 21.5. The van der Waals surface area contributed by atoms with Crippen LogP contribution in [-0.2, 0) is 0 Å². The van der Waals surface area contributed by atoms with Crippen LogP contribution in [0, 0.1) is 0 Å². The summed E-state index contributed by atoms with van der Waals surface area (Å²) in [5, 5.41) is 0. The lowest BCUT2D eigenvalue weighted by molar-refractivity contribution is -0.933. The molecule has 0 atom stereocenters. The van der Waals surface area contributed by atoms with Crippen LogP contribution < -0.4 is 5.46 Å². The van der Waals surface area contributed by atoms with E-state index < -0.39 is 0 Å². The van der Waals surface area contributed by atoms with Crippen molar-refractivity contribution < 1.29 is 9.28 Å². The molecule has 0 N–H and O–H groups in total. The molecular formula is C26H31BN2OS. The van der Waals surface area contributed by atoms with Gasteiger partial charge in [0, 0.05) is 35.0 Å². The summed E-state index contributed by atoms with van der Waals surface area (Å²) in [6, 6.07) is 29.1. The van der Waals surface area contributed by atoms with Crippen LogP contribution in [0.4, 0.5) is 0 Å². The number of Topliss-reactive ketones (excluding diaryl/α,β-unsaturated/α-hetero) is 1. The highest BCUT2D eigenvalue weighted by Crippen LogP contribution is 2.28. The number of carbonyl (C=O) groups excluding carboxylic acids is 1. The van der Waals surface area contributed by atoms with Crippen LogP contribution in [0.15, 0.2) is 94.7 Å². The minimum absolute atomic E-state index is 0.293. The smallest absolute Gasteiger partial charge is 0.216 e. The van der Waals surface area contributed by atoms with Crippen molar-refractivity contribution in [1.29, 1.82) is 0 Å². The SMILES string of the molecule is O=C(C[N+]12CCN(CC1)CC2)c1ccc(Sc2ccccc2)cc1.[BH3-]c1ccccc1. The molecule has 3 saturated heterocycles. The van der Waals surface area contributed by atoms with Gasteiger partial charge in [0.05, 0.1) is 19.6 Å². The van der Waals surface area contributed by atoms with E-state index in [0.717, 1.165) is 49.3 Å². The first-order chi connectivity index (χ1) is 15.1. The van der Waals surface area contributed by atoms with Gasteiger partial charge in [0.25, 0.3) is 0 Å². The molecule has 0 radical (unpaired) electrons. The van der Waals surface area contributed by atoms with E-state index in [4.69, 9.17) is 0 Å². The first-order valence-corrected chi connectivity index (χ1v) is 11.4. The molecule has 160 valence electrons. The molecular weight excluding hydrogens is 399 g/mol. The number of fused-ring (bicyclic) bond motifs is 3. The summed E-state index contributed by atoms with van der Waals surface area (Å²) in [5.74, 6) is 0.293. The van der Waals surface area contributed by atoms with Gasteiger partial charge in [-0.05, 0) is 32.1 Å². The summed E-state index contributed by atoms with van der Waals surface area (Å²) in [6.07, 6.45) is 0. The molecule has 0 unspecified atom stereocenters. The lowest BCUT2D eigenvalue weighted by Crippen LogP contribution is -2.68. The maximum Gasteiger partial charge on any atom is 0.216 e. The van der Waals surface area contributed by atoms with Crippen molar-refractivity contribution in [2.24, 2.45) is 0 Å². The van der Waals surface area contributed by atoms with Gasteiger partial charge in [-0.3, -0.25) is 9.69 Å². The standard InChI is InChI=1S/C20H23N2OS.C6H8B/c23-20(16-22-13-10-21(11-14-22)12-15-22)17-6-8-19(9-7-17)24-18-4-2-1-3-5-18;7-6-4-2-1-3-5-6/h1-9H,10-16H2;1-5H,7H3/q+1;-1. The molecule has 3 aromatic rings. The second-order valence-electron chi connectivity index (χ2n) is 7.95. The summed E-state index contributed by atoms with van der Waals surface area (Å²) in [4.78, 5) is 17.6. The molecule has 0 spiro atoms. The number of nitrogens with zero attached hydrogens (tertiary/aromatic N) is 2. The van der Waals surface area contributed by atoms with Crippen LogP contribution >= 0.6 is 11.8 Å². The zero-order valence-electron chi connectivity index (χ0n) is 17.2. The number of ketones is 1. The summed E-state index contributed by atoms with van der Waals surface area (Å²) in [6.45, 7) is 7.52. The third-order valence-corrected chi connectivity index (χ3v) is 6.93. The summed E-state index contributed by atoms with van der Waals surface area (Å²) < 4.78 is 0.996. The van der Waals surface area contributed by atoms with E-state index >= 15 is 0 Å². The average Bonchev–Trinajstić information content (AvgIpc) is 2.82. The summed E-state index contributed by atoms with van der Waals surface area (Å²) in [7, 11) is 0.446. The molecule has 0 amide bonds. The number of quaternary nitrogens is 1. The van der Waals surface area contributed by atoms with Crippen molar-refractivity contribution in [2.45, 2.75) is 9.79 Å². The molecule has 3 heterocycles. The molecule has 2 bridgehead atoms. The van der Waals surface area contributed by atoms with Crippen LogP contribution in [0.2, 0.25) is 0 Å². The Kier molecular flexibility index (Phi) is 7.28. The predicted molar refractivity (Wildman–Crippen MR) is 134 cm³/mol. The second-order valence-corrected chi connectivity index (χ2v) is 9.10. The summed E-state index contributed by atoms with van der Waals surface area (Å²) >= 11 is 1.73. The van der Waals surface area contributed by atoms with Gasteiger partial charge in [0.15, 0.2) is 0 Å². The van der Waals surface area contributed by atoms with Gasteiger partial charge < -0.3 is 4.48 Å². The molecule has 0 saturated carbocycles. The maximum absolute atomic E-state index is 12.7. The van der Waals surface area contributed by atoms with Gasteiger partial charge in [-0.2, -0.15) is 0 Å². The van der Waals surface area contributed by atoms with Gasteiger partial charge in [0.1, 0.15) is 6.54 Å². The van der Waals surface area contributed by atoms with E-state index in [-0.39, 0.29) is 0 Å². The molecule has 3 nitrogen and oxygen atoms in total. The minimum atomic E-state index is 0.293. The van der Waals surface area contributed by atoms with Gasteiger partial charge >= 0.3 is 0 Å². The van der Waals surface area contributed by atoms with Crippen LogP contribution in [-0.4, -0.2) is 68.8 Å². The van der Waals surface area contributed by atoms with Gasteiger partial charge in [0.2, 0.25) is 5.78 Å². The molecule has 6 rings (SSSR count). The van der Waals surface area contributed by atoms with Crippen molar-refractivity contribution in [1.82, 2.24) is 4.90 Å². The van der Waals surface area contributed by atoms with Crippen LogP contribution in [0.3, 0.4) is 0 Å². The predicted octanol–water partition coefficient (Wildman–Crippen LogP) is 2.84. The molecule has 5 heteroatoms. The van der Waals surface area contributed by atoms with E-state index in [2.05, 4.69) is 59.5 Å². The molecule has 3 aliphatic rings. The highest BCUT2D eigenvalue weighted by atomic mass is 32.2. The first-order valence-electron chi connectivity index (χ1n) is 10.6. The molecule has 31 heavy (non-hydrogen) atoms. The molecule has 3 aromatic carbocycles. The quantitative estimate of drug-likeness (QED) is 0.353. The Morgan fingerprint density at radius 2 is 1.29 bits per heavy atom. The molecule has 0 aromatic heterocycles. The lowest BCUT2D eigenvalue weighted by atomic mass is 9.97. The zero-order valence-corrected chi connectivity index (χ0v) is 18.1. The highest BCUT2D eigenvalue weighted by Gasteiger charge is 2.39. The van der Waals surface area contributed by atoms with Crippen LogP contribution in [0.5, 0.6) is 0 Å². The largest absolute Gasteiger partial charge is 0.314 e. The average molecular weight is 430 g/mol.